The normalized spacial score (nSPS) is 11.8. The van der Waals surface area contributed by atoms with Gasteiger partial charge in [-0.05, 0) is 58.2 Å². The van der Waals surface area contributed by atoms with E-state index in [2.05, 4.69) is 37.8 Å². The lowest BCUT2D eigenvalue weighted by Crippen LogP contribution is -2.27. The van der Waals surface area contributed by atoms with Crippen LogP contribution in [-0.4, -0.2) is 24.5 Å². The van der Waals surface area contributed by atoms with Gasteiger partial charge in [-0.25, -0.2) is 0 Å². The van der Waals surface area contributed by atoms with Gasteiger partial charge in [0, 0.05) is 0 Å². The molecule has 1 nitrogen and oxygen atoms in total. The minimum Gasteiger partial charge on any atom is -0.303 e. The van der Waals surface area contributed by atoms with Crippen LogP contribution in [0.2, 0.25) is 0 Å². The average molecular weight is 352 g/mol. The van der Waals surface area contributed by atoms with Crippen molar-refractivity contribution in [1.29, 1.82) is 0 Å². The monoisotopic (exact) mass is 351 g/mol. The Labute approximate surface area is 160 Å². The number of nitrogens with zero attached hydrogens (tertiary/aromatic N) is 1. The van der Waals surface area contributed by atoms with Crippen LogP contribution in [0.1, 0.15) is 124 Å². The van der Waals surface area contributed by atoms with Crippen LogP contribution in [0, 0.1) is 0 Å². The molecule has 1 heteroatoms. The second-order valence-electron chi connectivity index (χ2n) is 7.75. The van der Waals surface area contributed by atoms with Gasteiger partial charge in [-0.3, -0.25) is 0 Å². The predicted molar refractivity (Wildman–Crippen MR) is 116 cm³/mol. The molecule has 0 spiro atoms. The summed E-state index contributed by atoms with van der Waals surface area (Å²) in [5, 5.41) is 0. The molecule has 0 unspecified atom stereocenters. The highest BCUT2D eigenvalue weighted by molar-refractivity contribution is 4.79. The molecule has 0 aromatic heterocycles. The molecule has 0 heterocycles. The van der Waals surface area contributed by atoms with E-state index in [1.165, 1.54) is 122 Å². The Morgan fingerprint density at radius 3 is 1.40 bits per heavy atom. The summed E-state index contributed by atoms with van der Waals surface area (Å²) in [7, 11) is 0. The summed E-state index contributed by atoms with van der Waals surface area (Å²) >= 11 is 0. The summed E-state index contributed by atoms with van der Waals surface area (Å²) < 4.78 is 0. The van der Waals surface area contributed by atoms with Crippen LogP contribution in [0.15, 0.2) is 12.2 Å². The zero-order valence-electron chi connectivity index (χ0n) is 18.0. The molecule has 0 aromatic carbocycles. The van der Waals surface area contributed by atoms with Gasteiger partial charge in [0.05, 0.1) is 0 Å². The SMILES string of the molecule is CC/C=C/CCCCN(CCCCCCCC)CCCCCCCC. The minimum atomic E-state index is 1.18. The highest BCUT2D eigenvalue weighted by Gasteiger charge is 2.04. The maximum Gasteiger partial charge on any atom is -0.00186 e. The highest BCUT2D eigenvalue weighted by Crippen LogP contribution is 2.10. The fourth-order valence-corrected chi connectivity index (χ4v) is 3.45. The molecule has 150 valence electrons. The number of allylic oxidation sites excluding steroid dienone is 2. The van der Waals surface area contributed by atoms with E-state index in [4.69, 9.17) is 0 Å². The molecule has 0 aliphatic heterocycles. The summed E-state index contributed by atoms with van der Waals surface area (Å²) in [6.07, 6.45) is 26.9. The number of rotatable bonds is 20. The number of hydrogen-bond donors (Lipinski definition) is 0. The summed E-state index contributed by atoms with van der Waals surface area (Å²) in [6, 6.07) is 0. The molecule has 0 fully saturated rings. The Morgan fingerprint density at radius 1 is 0.480 bits per heavy atom. The molecular weight excluding hydrogens is 302 g/mol. The van der Waals surface area contributed by atoms with E-state index >= 15 is 0 Å². The Hall–Kier alpha value is -0.300. The van der Waals surface area contributed by atoms with Crippen molar-refractivity contribution in [1.82, 2.24) is 4.90 Å². The molecule has 0 saturated heterocycles. The molecule has 0 radical (unpaired) electrons. The molecule has 0 N–H and O–H groups in total. The Morgan fingerprint density at radius 2 is 0.920 bits per heavy atom. The third kappa shape index (κ3) is 19.9. The largest absolute Gasteiger partial charge is 0.303 e. The molecule has 0 rings (SSSR count). The first-order valence-electron chi connectivity index (χ1n) is 11.7. The van der Waals surface area contributed by atoms with Gasteiger partial charge in [0.25, 0.3) is 0 Å². The van der Waals surface area contributed by atoms with E-state index in [1.807, 2.05) is 0 Å². The molecule has 0 aliphatic rings. The molecule has 0 amide bonds. The van der Waals surface area contributed by atoms with Crippen molar-refractivity contribution in [2.75, 3.05) is 19.6 Å². The topological polar surface area (TPSA) is 3.24 Å². The Kier molecular flexibility index (Phi) is 21.5. The molecule has 25 heavy (non-hydrogen) atoms. The van der Waals surface area contributed by atoms with E-state index in [9.17, 15) is 0 Å². The highest BCUT2D eigenvalue weighted by atomic mass is 15.1. The molecular formula is C24H49N. The Balaban J connectivity index is 3.81. The zero-order valence-corrected chi connectivity index (χ0v) is 18.0. The minimum absolute atomic E-state index is 1.18. The van der Waals surface area contributed by atoms with Gasteiger partial charge in [-0.1, -0.05) is 97.1 Å². The van der Waals surface area contributed by atoms with Crippen molar-refractivity contribution < 1.29 is 0 Å². The number of hydrogen-bond acceptors (Lipinski definition) is 1. The summed E-state index contributed by atoms with van der Waals surface area (Å²) in [4.78, 5) is 2.77. The van der Waals surface area contributed by atoms with Crippen molar-refractivity contribution in [3.8, 4) is 0 Å². The predicted octanol–water partition coefficient (Wildman–Crippen LogP) is 8.15. The van der Waals surface area contributed by atoms with E-state index in [0.717, 1.165) is 0 Å². The number of unbranched alkanes of at least 4 members (excludes halogenated alkanes) is 12. The van der Waals surface area contributed by atoms with Crippen LogP contribution in [0.4, 0.5) is 0 Å². The molecule has 0 bridgehead atoms. The maximum absolute atomic E-state index is 2.77. The van der Waals surface area contributed by atoms with Crippen molar-refractivity contribution in [2.45, 2.75) is 124 Å². The van der Waals surface area contributed by atoms with Gasteiger partial charge in [0.15, 0.2) is 0 Å². The fourth-order valence-electron chi connectivity index (χ4n) is 3.45. The smallest absolute Gasteiger partial charge is 0.00186 e. The van der Waals surface area contributed by atoms with E-state index in [-0.39, 0.29) is 0 Å². The third-order valence-corrected chi connectivity index (χ3v) is 5.15. The first kappa shape index (κ1) is 24.7. The van der Waals surface area contributed by atoms with Gasteiger partial charge >= 0.3 is 0 Å². The molecule has 0 aliphatic carbocycles. The van der Waals surface area contributed by atoms with Gasteiger partial charge in [0.1, 0.15) is 0 Å². The zero-order chi connectivity index (χ0) is 18.4. The average Bonchev–Trinajstić information content (AvgIpc) is 2.63. The van der Waals surface area contributed by atoms with Gasteiger partial charge in [0.2, 0.25) is 0 Å². The summed E-state index contributed by atoms with van der Waals surface area (Å²) in [5.74, 6) is 0. The standard InChI is InChI=1S/C24H49N/c1-4-7-10-13-16-19-22-25(23-20-17-14-11-8-5-2)24-21-18-15-12-9-6-3/h7,10H,4-6,8-9,11-24H2,1-3H3/b10-7+. The van der Waals surface area contributed by atoms with Crippen molar-refractivity contribution in [2.24, 2.45) is 0 Å². The lowest BCUT2D eigenvalue weighted by atomic mass is 10.1. The van der Waals surface area contributed by atoms with Crippen LogP contribution in [0.25, 0.3) is 0 Å². The first-order chi connectivity index (χ1) is 12.3. The molecule has 0 saturated carbocycles. The van der Waals surface area contributed by atoms with Gasteiger partial charge in [-0.2, -0.15) is 0 Å². The van der Waals surface area contributed by atoms with E-state index in [0.29, 0.717) is 0 Å². The maximum atomic E-state index is 2.77. The van der Waals surface area contributed by atoms with Crippen molar-refractivity contribution >= 4 is 0 Å². The van der Waals surface area contributed by atoms with Gasteiger partial charge < -0.3 is 4.90 Å². The quantitative estimate of drug-likeness (QED) is 0.158. The first-order valence-corrected chi connectivity index (χ1v) is 11.7. The van der Waals surface area contributed by atoms with E-state index in [1.54, 1.807) is 0 Å². The van der Waals surface area contributed by atoms with Crippen molar-refractivity contribution in [3.63, 3.8) is 0 Å². The van der Waals surface area contributed by atoms with E-state index < -0.39 is 0 Å². The summed E-state index contributed by atoms with van der Waals surface area (Å²) in [5.41, 5.74) is 0. The van der Waals surface area contributed by atoms with Crippen LogP contribution in [-0.2, 0) is 0 Å². The lowest BCUT2D eigenvalue weighted by molar-refractivity contribution is 0.255. The second kappa shape index (κ2) is 21.7. The third-order valence-electron chi connectivity index (χ3n) is 5.15. The molecule has 0 atom stereocenters. The molecule has 0 aromatic rings. The van der Waals surface area contributed by atoms with Crippen LogP contribution in [0.3, 0.4) is 0 Å². The lowest BCUT2D eigenvalue weighted by Gasteiger charge is -2.22. The van der Waals surface area contributed by atoms with Crippen molar-refractivity contribution in [3.05, 3.63) is 12.2 Å². The second-order valence-corrected chi connectivity index (χ2v) is 7.75. The van der Waals surface area contributed by atoms with Gasteiger partial charge in [-0.15, -0.1) is 0 Å². The van der Waals surface area contributed by atoms with Crippen LogP contribution >= 0.6 is 0 Å². The Bertz CT molecular complexity index is 243. The fraction of sp³-hybridized carbons (Fsp3) is 0.917. The summed E-state index contributed by atoms with van der Waals surface area (Å²) in [6.45, 7) is 10.8. The van der Waals surface area contributed by atoms with Crippen LogP contribution in [0.5, 0.6) is 0 Å². The van der Waals surface area contributed by atoms with Crippen LogP contribution < -0.4 is 0 Å².